The molecule has 0 aliphatic carbocycles. The van der Waals surface area contributed by atoms with Crippen LogP contribution in [0.25, 0.3) is 0 Å². The normalized spacial score (nSPS) is 12.4. The van der Waals surface area contributed by atoms with Crippen LogP contribution in [0.2, 0.25) is 26.2 Å². The molecule has 0 aromatic rings. The van der Waals surface area contributed by atoms with Crippen molar-refractivity contribution in [1.29, 1.82) is 0 Å². The van der Waals surface area contributed by atoms with Gasteiger partial charge >= 0.3 is 0 Å². The van der Waals surface area contributed by atoms with Crippen LogP contribution in [0, 0.1) is 0 Å². The highest BCUT2D eigenvalue weighted by molar-refractivity contribution is 6.85. The Labute approximate surface area is 146 Å². The second-order valence-electron chi connectivity index (χ2n) is 7.21. The summed E-state index contributed by atoms with van der Waals surface area (Å²) in [6, 6.07) is 0. The molecular formula is C18H36N2OSi2. The van der Waals surface area contributed by atoms with E-state index in [-0.39, 0.29) is 0 Å². The number of hydrogen-bond donors (Lipinski definition) is 0. The third kappa shape index (κ3) is 10.6. The van der Waals surface area contributed by atoms with Gasteiger partial charge in [0.25, 0.3) is 0 Å². The zero-order valence-electron chi connectivity index (χ0n) is 15.7. The van der Waals surface area contributed by atoms with Gasteiger partial charge < -0.3 is 4.12 Å². The fraction of sp³-hybridized carbons (Fsp3) is 0.556. The molecule has 0 rings (SSSR count). The summed E-state index contributed by atoms with van der Waals surface area (Å²) >= 11 is 0. The standard InChI is InChI=1S/C18H36N2OSi2/c1-9-13-19(14-10-2)17-23(8,21-22(5,6)7)18-20(15-11-3)16-12-4/h9-12H,1-4,13-18H2,5-8H3. The molecule has 0 aromatic carbocycles. The van der Waals surface area contributed by atoms with E-state index in [2.05, 4.69) is 62.3 Å². The Morgan fingerprint density at radius 1 is 0.696 bits per heavy atom. The van der Waals surface area contributed by atoms with Crippen LogP contribution >= 0.6 is 0 Å². The molecule has 0 saturated heterocycles. The molecule has 132 valence electrons. The highest BCUT2D eigenvalue weighted by Crippen LogP contribution is 2.18. The minimum atomic E-state index is -1.94. The number of nitrogens with zero attached hydrogens (tertiary/aromatic N) is 2. The molecule has 0 aliphatic heterocycles. The van der Waals surface area contributed by atoms with Crippen LogP contribution in [0.5, 0.6) is 0 Å². The van der Waals surface area contributed by atoms with Crippen molar-refractivity contribution in [2.45, 2.75) is 26.2 Å². The third-order valence-corrected chi connectivity index (χ3v) is 9.87. The van der Waals surface area contributed by atoms with E-state index in [1.54, 1.807) is 0 Å². The molecule has 0 amide bonds. The maximum Gasteiger partial charge on any atom is 0.204 e. The van der Waals surface area contributed by atoms with E-state index in [4.69, 9.17) is 4.12 Å². The predicted octanol–water partition coefficient (Wildman–Crippen LogP) is 3.84. The van der Waals surface area contributed by atoms with Crippen molar-refractivity contribution in [3.8, 4) is 0 Å². The lowest BCUT2D eigenvalue weighted by atomic mass is 10.5. The number of hydrogen-bond acceptors (Lipinski definition) is 3. The molecule has 0 spiro atoms. The Morgan fingerprint density at radius 2 is 1.00 bits per heavy atom. The summed E-state index contributed by atoms with van der Waals surface area (Å²) in [7, 11) is -3.55. The maximum atomic E-state index is 6.73. The van der Waals surface area contributed by atoms with Gasteiger partial charge in [-0.1, -0.05) is 24.3 Å². The minimum Gasteiger partial charge on any atom is -0.454 e. The fourth-order valence-corrected chi connectivity index (χ4v) is 11.9. The lowest BCUT2D eigenvalue weighted by molar-refractivity contribution is 0.326. The molecule has 0 N–H and O–H groups in total. The molecule has 0 aliphatic rings. The Bertz CT molecular complexity index is 345. The molecule has 23 heavy (non-hydrogen) atoms. The van der Waals surface area contributed by atoms with Gasteiger partial charge in [0.2, 0.25) is 8.32 Å². The van der Waals surface area contributed by atoms with Crippen LogP contribution in [-0.2, 0) is 4.12 Å². The van der Waals surface area contributed by atoms with E-state index in [0.717, 1.165) is 38.5 Å². The van der Waals surface area contributed by atoms with Gasteiger partial charge in [0, 0.05) is 38.5 Å². The second-order valence-corrected chi connectivity index (χ2v) is 15.8. The smallest absolute Gasteiger partial charge is 0.204 e. The van der Waals surface area contributed by atoms with E-state index in [1.807, 2.05) is 24.3 Å². The van der Waals surface area contributed by atoms with Gasteiger partial charge in [0.05, 0.1) is 0 Å². The Hall–Kier alpha value is -0.726. The van der Waals surface area contributed by atoms with Crippen molar-refractivity contribution in [3.63, 3.8) is 0 Å². The average molecular weight is 353 g/mol. The summed E-state index contributed by atoms with van der Waals surface area (Å²) in [5.41, 5.74) is 0. The van der Waals surface area contributed by atoms with Crippen LogP contribution in [-0.4, -0.2) is 64.9 Å². The summed E-state index contributed by atoms with van der Waals surface area (Å²) in [6.45, 7) is 28.1. The summed E-state index contributed by atoms with van der Waals surface area (Å²) in [6.07, 6.45) is 9.80. The van der Waals surface area contributed by atoms with Crippen LogP contribution in [0.3, 0.4) is 0 Å². The van der Waals surface area contributed by atoms with Crippen LogP contribution in [0.4, 0.5) is 0 Å². The van der Waals surface area contributed by atoms with Gasteiger partial charge in [-0.3, -0.25) is 9.80 Å². The van der Waals surface area contributed by atoms with Crippen LogP contribution in [0.1, 0.15) is 0 Å². The molecule has 0 atom stereocenters. The van der Waals surface area contributed by atoms with E-state index < -0.39 is 16.6 Å². The minimum absolute atomic E-state index is 0.868. The van der Waals surface area contributed by atoms with Crippen molar-refractivity contribution < 1.29 is 4.12 Å². The number of rotatable bonds is 14. The zero-order valence-corrected chi connectivity index (χ0v) is 17.7. The highest BCUT2D eigenvalue weighted by Gasteiger charge is 2.37. The molecule has 5 heteroatoms. The molecular weight excluding hydrogens is 316 g/mol. The summed E-state index contributed by atoms with van der Waals surface area (Å²) in [5, 5.41) is 0. The highest BCUT2D eigenvalue weighted by atomic mass is 28.4. The molecule has 3 nitrogen and oxygen atoms in total. The summed E-state index contributed by atoms with van der Waals surface area (Å²) in [4.78, 5) is 4.76. The SMILES string of the molecule is C=CCN(CC=C)C[Si](C)(CN(CC=C)CC=C)O[Si](C)(C)C. The van der Waals surface area contributed by atoms with Crippen molar-refractivity contribution in [1.82, 2.24) is 9.80 Å². The van der Waals surface area contributed by atoms with Crippen molar-refractivity contribution in [3.05, 3.63) is 50.6 Å². The zero-order chi connectivity index (χ0) is 17.9. The first-order chi connectivity index (χ1) is 10.7. The van der Waals surface area contributed by atoms with Gasteiger partial charge in [-0.15, -0.1) is 26.3 Å². The fourth-order valence-electron chi connectivity index (χ4n) is 2.94. The van der Waals surface area contributed by atoms with Gasteiger partial charge in [-0.2, -0.15) is 0 Å². The predicted molar refractivity (Wildman–Crippen MR) is 110 cm³/mol. The van der Waals surface area contributed by atoms with E-state index in [1.165, 1.54) is 0 Å². The lowest BCUT2D eigenvalue weighted by Crippen LogP contribution is -2.59. The Balaban J connectivity index is 5.25. The molecule has 0 saturated carbocycles. The van der Waals surface area contributed by atoms with Crippen molar-refractivity contribution >= 4 is 16.6 Å². The average Bonchev–Trinajstić information content (AvgIpc) is 2.37. The van der Waals surface area contributed by atoms with Crippen LogP contribution < -0.4 is 0 Å². The maximum absolute atomic E-state index is 6.73. The molecule has 0 fully saturated rings. The molecule has 0 heterocycles. The second kappa shape index (κ2) is 10.9. The largest absolute Gasteiger partial charge is 0.454 e. The summed E-state index contributed by atoms with van der Waals surface area (Å²) < 4.78 is 6.73. The molecule has 0 bridgehead atoms. The van der Waals surface area contributed by atoms with Gasteiger partial charge in [-0.25, -0.2) is 0 Å². The van der Waals surface area contributed by atoms with Crippen molar-refractivity contribution in [2.75, 3.05) is 38.5 Å². The van der Waals surface area contributed by atoms with Gasteiger partial charge in [-0.05, 0) is 26.2 Å². The topological polar surface area (TPSA) is 15.7 Å². The Morgan fingerprint density at radius 3 is 1.22 bits per heavy atom. The Kier molecular flexibility index (Phi) is 10.6. The first kappa shape index (κ1) is 22.3. The lowest BCUT2D eigenvalue weighted by Gasteiger charge is -2.40. The van der Waals surface area contributed by atoms with E-state index in [9.17, 15) is 0 Å². The van der Waals surface area contributed by atoms with Gasteiger partial charge in [0.1, 0.15) is 0 Å². The van der Waals surface area contributed by atoms with E-state index >= 15 is 0 Å². The first-order valence-corrected chi connectivity index (χ1v) is 14.5. The monoisotopic (exact) mass is 352 g/mol. The quantitative estimate of drug-likeness (QED) is 0.349. The third-order valence-electron chi connectivity index (χ3n) is 3.22. The van der Waals surface area contributed by atoms with E-state index in [0.29, 0.717) is 0 Å². The van der Waals surface area contributed by atoms with Crippen molar-refractivity contribution in [2.24, 2.45) is 0 Å². The molecule has 0 unspecified atom stereocenters. The van der Waals surface area contributed by atoms with Gasteiger partial charge in [0.15, 0.2) is 8.32 Å². The molecule has 0 radical (unpaired) electrons. The summed E-state index contributed by atoms with van der Waals surface area (Å²) in [5.74, 6) is 0. The van der Waals surface area contributed by atoms with Crippen LogP contribution in [0.15, 0.2) is 50.6 Å². The first-order valence-electron chi connectivity index (χ1n) is 8.28. The molecule has 0 aromatic heterocycles.